The second-order valence-electron chi connectivity index (χ2n) is 7.41. The molecule has 4 rings (SSSR count). The molecule has 1 aliphatic rings. The van der Waals surface area contributed by atoms with Crippen molar-refractivity contribution in [3.63, 3.8) is 0 Å². The fourth-order valence-corrected chi connectivity index (χ4v) is 3.46. The number of benzene rings is 2. The van der Waals surface area contributed by atoms with Gasteiger partial charge >= 0.3 is 6.18 Å². The second kappa shape index (κ2) is 9.27. The first-order valence-electron chi connectivity index (χ1n) is 10.3. The Hall–Kier alpha value is -3.95. The van der Waals surface area contributed by atoms with Gasteiger partial charge in [0.25, 0.3) is 0 Å². The number of anilines is 1. The van der Waals surface area contributed by atoms with E-state index < -0.39 is 17.6 Å². The molecule has 10 heteroatoms. The SMILES string of the molecule is O=C(CCC(=O)N1CCC(c2ccccc2)=N1)Nc1cc(C(F)(F)F)ccc1-n1cccn1. The third-order valence-corrected chi connectivity index (χ3v) is 5.11. The summed E-state index contributed by atoms with van der Waals surface area (Å²) >= 11 is 0. The Morgan fingerprint density at radius 2 is 1.82 bits per heavy atom. The molecular formula is C23H20F3N5O2. The Morgan fingerprint density at radius 1 is 1.03 bits per heavy atom. The molecule has 2 aromatic carbocycles. The first kappa shape index (κ1) is 22.3. The lowest BCUT2D eigenvalue weighted by atomic mass is 10.1. The quantitative estimate of drug-likeness (QED) is 0.604. The third-order valence-electron chi connectivity index (χ3n) is 5.11. The van der Waals surface area contributed by atoms with Gasteiger partial charge in [0.15, 0.2) is 0 Å². The normalized spacial score (nSPS) is 13.7. The van der Waals surface area contributed by atoms with E-state index in [0.29, 0.717) is 13.0 Å². The maximum atomic E-state index is 13.2. The highest BCUT2D eigenvalue weighted by atomic mass is 19.4. The van der Waals surface area contributed by atoms with E-state index in [4.69, 9.17) is 0 Å². The van der Waals surface area contributed by atoms with Crippen LogP contribution < -0.4 is 5.32 Å². The Bertz CT molecular complexity index is 1170. The van der Waals surface area contributed by atoms with Crippen molar-refractivity contribution in [1.29, 1.82) is 0 Å². The van der Waals surface area contributed by atoms with Gasteiger partial charge in [-0.1, -0.05) is 30.3 Å². The van der Waals surface area contributed by atoms with E-state index in [-0.39, 0.29) is 30.1 Å². The summed E-state index contributed by atoms with van der Waals surface area (Å²) in [6.45, 7) is 0.418. The lowest BCUT2D eigenvalue weighted by Crippen LogP contribution is -2.25. The van der Waals surface area contributed by atoms with Crippen molar-refractivity contribution in [1.82, 2.24) is 14.8 Å². The van der Waals surface area contributed by atoms with Crippen molar-refractivity contribution in [3.05, 3.63) is 78.1 Å². The summed E-state index contributed by atoms with van der Waals surface area (Å²) in [5.74, 6) is -0.907. The highest BCUT2D eigenvalue weighted by Gasteiger charge is 2.31. The largest absolute Gasteiger partial charge is 0.416 e. The van der Waals surface area contributed by atoms with E-state index >= 15 is 0 Å². The van der Waals surface area contributed by atoms with Gasteiger partial charge in [0, 0.05) is 31.7 Å². The first-order valence-corrected chi connectivity index (χ1v) is 10.3. The monoisotopic (exact) mass is 455 g/mol. The van der Waals surface area contributed by atoms with Crippen LogP contribution in [0.2, 0.25) is 0 Å². The van der Waals surface area contributed by atoms with Gasteiger partial charge in [-0.2, -0.15) is 23.4 Å². The average Bonchev–Trinajstić information content (AvgIpc) is 3.50. The predicted molar refractivity (Wildman–Crippen MR) is 116 cm³/mol. The predicted octanol–water partition coefficient (Wildman–Crippen LogP) is 4.25. The summed E-state index contributed by atoms with van der Waals surface area (Å²) in [5.41, 5.74) is 1.06. The zero-order valence-corrected chi connectivity index (χ0v) is 17.4. The van der Waals surface area contributed by atoms with Gasteiger partial charge < -0.3 is 5.32 Å². The van der Waals surface area contributed by atoms with Crippen LogP contribution in [0.3, 0.4) is 0 Å². The van der Waals surface area contributed by atoms with Crippen LogP contribution in [0.4, 0.5) is 18.9 Å². The molecule has 2 heterocycles. The fourth-order valence-electron chi connectivity index (χ4n) is 3.46. The number of hydrazone groups is 1. The van der Waals surface area contributed by atoms with Crippen LogP contribution in [0.25, 0.3) is 5.69 Å². The van der Waals surface area contributed by atoms with E-state index in [9.17, 15) is 22.8 Å². The zero-order valence-electron chi connectivity index (χ0n) is 17.4. The average molecular weight is 455 g/mol. The van der Waals surface area contributed by atoms with Crippen molar-refractivity contribution >= 4 is 23.2 Å². The van der Waals surface area contributed by atoms with Crippen LogP contribution in [0, 0.1) is 0 Å². The number of nitrogens with one attached hydrogen (secondary N) is 1. The highest BCUT2D eigenvalue weighted by Crippen LogP contribution is 2.33. The molecule has 170 valence electrons. The van der Waals surface area contributed by atoms with E-state index in [1.54, 1.807) is 12.3 Å². The minimum atomic E-state index is -4.57. The smallest absolute Gasteiger partial charge is 0.324 e. The standard InChI is InChI=1S/C23H20F3N5O2/c24-23(25,26)17-7-8-20(30-13-4-12-27-30)19(15-17)28-21(32)9-10-22(33)31-14-11-18(29-31)16-5-2-1-3-6-16/h1-8,12-13,15H,9-11,14H2,(H,28,32). The summed E-state index contributed by atoms with van der Waals surface area (Å²) in [7, 11) is 0. The molecule has 3 aromatic rings. The fraction of sp³-hybridized carbons (Fsp3) is 0.217. The summed E-state index contributed by atoms with van der Waals surface area (Å²) in [6.07, 6.45) is -1.24. The molecule has 1 N–H and O–H groups in total. The molecule has 0 unspecified atom stereocenters. The Kier molecular flexibility index (Phi) is 6.25. The first-order chi connectivity index (χ1) is 15.8. The van der Waals surface area contributed by atoms with Gasteiger partial charge in [-0.05, 0) is 29.8 Å². The van der Waals surface area contributed by atoms with Crippen molar-refractivity contribution < 1.29 is 22.8 Å². The van der Waals surface area contributed by atoms with Gasteiger partial charge in [-0.3, -0.25) is 9.59 Å². The molecule has 7 nitrogen and oxygen atoms in total. The number of halogens is 3. The molecule has 33 heavy (non-hydrogen) atoms. The minimum absolute atomic E-state index is 0.0449. The van der Waals surface area contributed by atoms with E-state index in [1.165, 1.54) is 22.0 Å². The van der Waals surface area contributed by atoms with Crippen molar-refractivity contribution in [2.75, 3.05) is 11.9 Å². The van der Waals surface area contributed by atoms with Gasteiger partial charge in [0.05, 0.1) is 29.2 Å². The molecule has 1 aromatic heterocycles. The van der Waals surface area contributed by atoms with Crippen LogP contribution in [-0.2, 0) is 15.8 Å². The molecule has 1 aliphatic heterocycles. The number of alkyl halides is 3. The number of rotatable bonds is 6. The van der Waals surface area contributed by atoms with Crippen LogP contribution in [0.5, 0.6) is 0 Å². The topological polar surface area (TPSA) is 79.6 Å². The summed E-state index contributed by atoms with van der Waals surface area (Å²) < 4.78 is 40.8. The number of carbonyl (C=O) groups is 2. The zero-order chi connectivity index (χ0) is 23.4. The van der Waals surface area contributed by atoms with E-state index in [1.807, 2.05) is 30.3 Å². The molecule has 0 fully saturated rings. The van der Waals surface area contributed by atoms with Crippen molar-refractivity contribution in [2.24, 2.45) is 5.10 Å². The number of aromatic nitrogens is 2. The highest BCUT2D eigenvalue weighted by molar-refractivity contribution is 6.03. The molecule has 0 bridgehead atoms. The van der Waals surface area contributed by atoms with Crippen LogP contribution in [0.1, 0.15) is 30.4 Å². The van der Waals surface area contributed by atoms with Gasteiger partial charge in [-0.15, -0.1) is 0 Å². The number of nitrogens with zero attached hydrogens (tertiary/aromatic N) is 4. The molecule has 0 aliphatic carbocycles. The Morgan fingerprint density at radius 3 is 2.52 bits per heavy atom. The molecule has 0 saturated carbocycles. The lowest BCUT2D eigenvalue weighted by molar-refractivity contribution is -0.137. The molecular weight excluding hydrogens is 435 g/mol. The molecule has 2 amide bonds. The van der Waals surface area contributed by atoms with Gasteiger partial charge in [0.2, 0.25) is 11.8 Å². The number of carbonyl (C=O) groups excluding carboxylic acids is 2. The Balaban J connectivity index is 1.42. The lowest BCUT2D eigenvalue weighted by Gasteiger charge is -2.15. The van der Waals surface area contributed by atoms with E-state index in [0.717, 1.165) is 23.4 Å². The van der Waals surface area contributed by atoms with Crippen molar-refractivity contribution in [2.45, 2.75) is 25.4 Å². The summed E-state index contributed by atoms with van der Waals surface area (Å²) in [4.78, 5) is 25.0. The van der Waals surface area contributed by atoms with Crippen LogP contribution >= 0.6 is 0 Å². The van der Waals surface area contributed by atoms with E-state index in [2.05, 4.69) is 15.5 Å². The van der Waals surface area contributed by atoms with Gasteiger partial charge in [0.1, 0.15) is 0 Å². The number of amides is 2. The van der Waals surface area contributed by atoms with Crippen molar-refractivity contribution in [3.8, 4) is 5.69 Å². The second-order valence-corrected chi connectivity index (χ2v) is 7.41. The maximum absolute atomic E-state index is 13.2. The molecule has 0 spiro atoms. The molecule has 0 atom stereocenters. The minimum Gasteiger partial charge on any atom is -0.324 e. The molecule has 0 radical (unpaired) electrons. The number of hydrogen-bond donors (Lipinski definition) is 1. The van der Waals surface area contributed by atoms with Crippen LogP contribution in [-0.4, -0.2) is 38.9 Å². The van der Waals surface area contributed by atoms with Gasteiger partial charge in [-0.25, -0.2) is 9.69 Å². The third kappa shape index (κ3) is 5.28. The number of hydrogen-bond acceptors (Lipinski definition) is 4. The summed E-state index contributed by atoms with van der Waals surface area (Å²) in [5, 5.41) is 12.2. The molecule has 0 saturated heterocycles. The maximum Gasteiger partial charge on any atom is 0.416 e. The summed E-state index contributed by atoms with van der Waals surface area (Å²) in [6, 6.07) is 14.1. The van der Waals surface area contributed by atoms with Crippen LogP contribution in [0.15, 0.2) is 72.1 Å². The Labute approximate surface area is 187 Å².